The van der Waals surface area contributed by atoms with Crippen molar-refractivity contribution in [1.82, 2.24) is 14.5 Å². The lowest BCUT2D eigenvalue weighted by Gasteiger charge is -2.25. The van der Waals surface area contributed by atoms with Crippen LogP contribution < -0.4 is 14.2 Å². The molecule has 4 aromatic rings. The summed E-state index contributed by atoms with van der Waals surface area (Å²) in [5.41, 5.74) is 2.91. The lowest BCUT2D eigenvalue weighted by molar-refractivity contribution is -0.145. The van der Waals surface area contributed by atoms with Crippen LogP contribution >= 0.6 is 11.6 Å². The molecule has 1 aromatic heterocycles. The molecule has 0 aliphatic heterocycles. The fourth-order valence-electron chi connectivity index (χ4n) is 4.77. The Kier molecular flexibility index (Phi) is 10.9. The number of methoxy groups -OCH3 is 2. The number of hydrogen-bond acceptors (Lipinski definition) is 7. The second-order valence-electron chi connectivity index (χ2n) is 10.4. The van der Waals surface area contributed by atoms with Gasteiger partial charge in [0, 0.05) is 12.1 Å². The number of carbonyl (C=O) groups excluding carboxylic acids is 2. The van der Waals surface area contributed by atoms with E-state index in [2.05, 4.69) is 18.4 Å². The first kappa shape index (κ1) is 31.7. The summed E-state index contributed by atoms with van der Waals surface area (Å²) in [5.74, 6) is 1.74. The first-order chi connectivity index (χ1) is 20.8. The maximum atomic E-state index is 14.0. The molecule has 1 heterocycles. The number of amides is 1. The van der Waals surface area contributed by atoms with Crippen molar-refractivity contribution in [3.63, 3.8) is 0 Å². The lowest BCUT2D eigenvalue weighted by Crippen LogP contribution is -2.33. The van der Waals surface area contributed by atoms with Crippen LogP contribution in [0.4, 0.5) is 0 Å². The number of aromatic nitrogens is 2. The van der Waals surface area contributed by atoms with Crippen LogP contribution in [0, 0.1) is 5.92 Å². The average Bonchev–Trinajstić information content (AvgIpc) is 3.34. The highest BCUT2D eigenvalue weighted by Crippen LogP contribution is 2.38. The van der Waals surface area contributed by atoms with Crippen molar-refractivity contribution >= 4 is 34.5 Å². The first-order valence-corrected chi connectivity index (χ1v) is 14.6. The van der Waals surface area contributed by atoms with Crippen molar-refractivity contribution in [2.75, 3.05) is 34.0 Å². The lowest BCUT2D eigenvalue weighted by atomic mass is 10.1. The van der Waals surface area contributed by atoms with Crippen molar-refractivity contribution in [2.45, 2.75) is 40.3 Å². The minimum absolute atomic E-state index is 0.189. The highest BCUT2D eigenvalue weighted by Gasteiger charge is 2.25. The number of benzene rings is 3. The Morgan fingerprint density at radius 2 is 1.72 bits per heavy atom. The Bertz CT molecular complexity index is 1570. The van der Waals surface area contributed by atoms with Gasteiger partial charge in [0.05, 0.1) is 55.5 Å². The third-order valence-corrected chi connectivity index (χ3v) is 7.37. The summed E-state index contributed by atoms with van der Waals surface area (Å²) in [4.78, 5) is 32.7. The molecule has 0 atom stereocenters. The minimum Gasteiger partial charge on any atom is -0.493 e. The smallest absolute Gasteiger partial charge is 0.344 e. The van der Waals surface area contributed by atoms with Gasteiger partial charge >= 0.3 is 5.97 Å². The van der Waals surface area contributed by atoms with Crippen molar-refractivity contribution in [2.24, 2.45) is 5.92 Å². The SMILES string of the molecule is CCOC(=O)COc1ccccc1Cn1c(CN(CCC(C)C)C(=O)c2ccc(OC)c(OC)c2Cl)nc2ccccc21. The number of halogens is 1. The van der Waals surface area contributed by atoms with Gasteiger partial charge in [-0.15, -0.1) is 0 Å². The molecule has 0 radical (unpaired) electrons. The van der Waals surface area contributed by atoms with Crippen LogP contribution in [0.5, 0.6) is 17.2 Å². The second kappa shape index (κ2) is 14.8. The fourth-order valence-corrected chi connectivity index (χ4v) is 5.08. The zero-order valence-corrected chi connectivity index (χ0v) is 26.0. The summed E-state index contributed by atoms with van der Waals surface area (Å²) in [6.07, 6.45) is 0.793. The quantitative estimate of drug-likeness (QED) is 0.153. The number of nitrogens with zero attached hydrogens (tertiary/aromatic N) is 3. The molecule has 9 nitrogen and oxygen atoms in total. The number of ether oxygens (including phenoxy) is 4. The van der Waals surface area contributed by atoms with E-state index in [0.29, 0.717) is 47.6 Å². The molecule has 0 saturated carbocycles. The van der Waals surface area contributed by atoms with E-state index < -0.39 is 5.97 Å². The van der Waals surface area contributed by atoms with E-state index in [-0.39, 0.29) is 30.7 Å². The van der Waals surface area contributed by atoms with E-state index in [9.17, 15) is 9.59 Å². The van der Waals surface area contributed by atoms with Gasteiger partial charge in [-0.25, -0.2) is 9.78 Å². The predicted octanol–water partition coefficient (Wildman–Crippen LogP) is 6.39. The molecule has 0 aliphatic rings. The Hall–Kier alpha value is -4.24. The maximum Gasteiger partial charge on any atom is 0.344 e. The van der Waals surface area contributed by atoms with Gasteiger partial charge in [-0.1, -0.05) is 55.8 Å². The monoisotopic (exact) mass is 607 g/mol. The zero-order valence-electron chi connectivity index (χ0n) is 25.3. The standard InChI is InChI=1S/C33H38ClN3O6/c1-6-42-30(38)21-43-27-14-10-7-11-23(27)19-37-26-13-9-8-12-25(26)35-29(37)20-36(18-17-22(2)3)33(39)24-15-16-28(40-4)32(41-5)31(24)34/h7-16,22H,6,17-21H2,1-5H3. The third kappa shape index (κ3) is 7.59. The Balaban J connectivity index is 1.71. The Labute approximate surface area is 257 Å². The number of imidazole rings is 1. The van der Waals surface area contributed by atoms with E-state index in [1.807, 2.05) is 48.5 Å². The molecule has 0 bridgehead atoms. The molecule has 1 amide bonds. The van der Waals surface area contributed by atoms with Gasteiger partial charge in [0.15, 0.2) is 18.1 Å². The van der Waals surface area contributed by atoms with Gasteiger partial charge in [0.25, 0.3) is 5.91 Å². The van der Waals surface area contributed by atoms with Crippen LogP contribution in [0.2, 0.25) is 5.02 Å². The molecule has 0 N–H and O–H groups in total. The predicted molar refractivity (Wildman–Crippen MR) is 166 cm³/mol. The van der Waals surface area contributed by atoms with Gasteiger partial charge in [0.2, 0.25) is 0 Å². The average molecular weight is 608 g/mol. The van der Waals surface area contributed by atoms with E-state index in [1.165, 1.54) is 14.2 Å². The number of rotatable bonds is 14. The topological polar surface area (TPSA) is 92.1 Å². The number of para-hydroxylation sites is 3. The number of hydrogen-bond donors (Lipinski definition) is 0. The van der Waals surface area contributed by atoms with Gasteiger partial charge in [0.1, 0.15) is 11.6 Å². The molecule has 0 spiro atoms. The van der Waals surface area contributed by atoms with Crippen LogP contribution in [0.25, 0.3) is 11.0 Å². The molecule has 0 saturated heterocycles. The molecule has 228 valence electrons. The summed E-state index contributed by atoms with van der Waals surface area (Å²) in [6, 6.07) is 18.7. The van der Waals surface area contributed by atoms with Crippen molar-refractivity contribution in [3.8, 4) is 17.2 Å². The van der Waals surface area contributed by atoms with E-state index >= 15 is 0 Å². The van der Waals surface area contributed by atoms with Gasteiger partial charge < -0.3 is 28.4 Å². The van der Waals surface area contributed by atoms with Crippen LogP contribution in [0.1, 0.15) is 48.9 Å². The zero-order chi connectivity index (χ0) is 30.9. The maximum absolute atomic E-state index is 14.0. The number of fused-ring (bicyclic) bond motifs is 1. The Morgan fingerprint density at radius 3 is 2.44 bits per heavy atom. The summed E-state index contributed by atoms with van der Waals surface area (Å²) in [7, 11) is 3.01. The largest absolute Gasteiger partial charge is 0.493 e. The van der Waals surface area contributed by atoms with Crippen LogP contribution in [0.3, 0.4) is 0 Å². The molecular formula is C33H38ClN3O6. The van der Waals surface area contributed by atoms with E-state index in [0.717, 1.165) is 23.0 Å². The summed E-state index contributed by atoms with van der Waals surface area (Å²) in [6.45, 7) is 7.26. The second-order valence-corrected chi connectivity index (χ2v) is 10.8. The minimum atomic E-state index is -0.431. The van der Waals surface area contributed by atoms with Gasteiger partial charge in [-0.2, -0.15) is 0 Å². The molecule has 0 unspecified atom stereocenters. The molecule has 43 heavy (non-hydrogen) atoms. The van der Waals surface area contributed by atoms with Crippen LogP contribution in [-0.2, 0) is 22.6 Å². The number of esters is 1. The molecule has 4 rings (SSSR count). The van der Waals surface area contributed by atoms with Crippen LogP contribution in [-0.4, -0.2) is 60.3 Å². The molecule has 3 aromatic carbocycles. The van der Waals surface area contributed by atoms with Crippen molar-refractivity contribution < 1.29 is 28.5 Å². The summed E-state index contributed by atoms with van der Waals surface area (Å²) in [5, 5.41) is 0.197. The Morgan fingerprint density at radius 1 is 0.977 bits per heavy atom. The van der Waals surface area contributed by atoms with Gasteiger partial charge in [-0.3, -0.25) is 4.79 Å². The third-order valence-electron chi connectivity index (χ3n) is 7.00. The summed E-state index contributed by atoms with van der Waals surface area (Å²) >= 11 is 6.67. The van der Waals surface area contributed by atoms with Crippen molar-refractivity contribution in [3.05, 3.63) is 82.6 Å². The number of carbonyl (C=O) groups is 2. The van der Waals surface area contributed by atoms with E-state index in [4.69, 9.17) is 35.5 Å². The highest BCUT2D eigenvalue weighted by atomic mass is 35.5. The molecule has 0 aliphatic carbocycles. The molecule has 0 fully saturated rings. The van der Waals surface area contributed by atoms with Crippen molar-refractivity contribution in [1.29, 1.82) is 0 Å². The van der Waals surface area contributed by atoms with E-state index in [1.54, 1.807) is 24.0 Å². The normalized spacial score (nSPS) is 11.0. The van der Waals surface area contributed by atoms with Crippen LogP contribution in [0.15, 0.2) is 60.7 Å². The fraction of sp³-hybridized carbons (Fsp3) is 0.364. The van der Waals surface area contributed by atoms with Gasteiger partial charge in [-0.05, 0) is 49.6 Å². The molecule has 10 heteroatoms. The summed E-state index contributed by atoms with van der Waals surface area (Å²) < 4.78 is 23.8. The highest BCUT2D eigenvalue weighted by molar-refractivity contribution is 6.35. The molecular weight excluding hydrogens is 570 g/mol. The first-order valence-electron chi connectivity index (χ1n) is 14.3.